The molecule has 2 atom stereocenters. The summed E-state index contributed by atoms with van der Waals surface area (Å²) in [5, 5.41) is 8.75. The molecule has 1 aliphatic rings. The van der Waals surface area contributed by atoms with Crippen LogP contribution in [0.1, 0.15) is 32.6 Å². The van der Waals surface area contributed by atoms with Crippen molar-refractivity contribution >= 4 is 5.97 Å². The van der Waals surface area contributed by atoms with Gasteiger partial charge in [0.15, 0.2) is 0 Å². The Labute approximate surface area is 85.3 Å². The van der Waals surface area contributed by atoms with Gasteiger partial charge in [-0.25, -0.2) is 4.79 Å². The second kappa shape index (κ2) is 4.99. The van der Waals surface area contributed by atoms with Crippen LogP contribution in [0, 0.1) is 11.8 Å². The summed E-state index contributed by atoms with van der Waals surface area (Å²) in [6.45, 7) is 5.46. The highest BCUT2D eigenvalue weighted by Crippen LogP contribution is 2.30. The largest absolute Gasteiger partial charge is 0.478 e. The van der Waals surface area contributed by atoms with Crippen molar-refractivity contribution in [2.45, 2.75) is 32.6 Å². The minimum Gasteiger partial charge on any atom is -0.478 e. The first-order chi connectivity index (χ1) is 6.63. The van der Waals surface area contributed by atoms with E-state index in [0.29, 0.717) is 17.4 Å². The number of carboxylic acids is 1. The maximum atomic E-state index is 10.6. The van der Waals surface area contributed by atoms with Crippen LogP contribution in [0.15, 0.2) is 24.3 Å². The standard InChI is InChI=1S/C12H18O2/c1-3-10-5-4-6-11(8-10)7-9(2)12(13)14/h3,7,10-11H,1,4-6,8H2,2H3,(H,13,14)/b9-7+. The lowest BCUT2D eigenvalue weighted by Gasteiger charge is -2.25. The smallest absolute Gasteiger partial charge is 0.330 e. The third kappa shape index (κ3) is 3.02. The lowest BCUT2D eigenvalue weighted by atomic mass is 9.81. The molecule has 1 saturated carbocycles. The van der Waals surface area contributed by atoms with Crippen molar-refractivity contribution in [3.8, 4) is 0 Å². The Bertz CT molecular complexity index is 253. The Morgan fingerprint density at radius 2 is 2.07 bits per heavy atom. The van der Waals surface area contributed by atoms with Crippen LogP contribution >= 0.6 is 0 Å². The summed E-state index contributed by atoms with van der Waals surface area (Å²) in [7, 11) is 0. The minimum absolute atomic E-state index is 0.433. The summed E-state index contributed by atoms with van der Waals surface area (Å²) in [5.74, 6) is 0.208. The molecular weight excluding hydrogens is 176 g/mol. The Kier molecular flexibility index (Phi) is 3.93. The van der Waals surface area contributed by atoms with Gasteiger partial charge in [0.05, 0.1) is 0 Å². The zero-order valence-electron chi connectivity index (χ0n) is 8.70. The van der Waals surface area contributed by atoms with E-state index in [1.54, 1.807) is 6.92 Å². The number of hydrogen-bond donors (Lipinski definition) is 1. The van der Waals surface area contributed by atoms with E-state index < -0.39 is 5.97 Å². The van der Waals surface area contributed by atoms with Gasteiger partial charge in [-0.3, -0.25) is 0 Å². The van der Waals surface area contributed by atoms with Crippen LogP contribution in [0.2, 0.25) is 0 Å². The first kappa shape index (κ1) is 11.0. The molecule has 1 aliphatic carbocycles. The molecule has 0 aromatic carbocycles. The van der Waals surface area contributed by atoms with Crippen molar-refractivity contribution < 1.29 is 9.90 Å². The molecule has 2 nitrogen and oxygen atoms in total. The molecule has 0 aliphatic heterocycles. The summed E-state index contributed by atoms with van der Waals surface area (Å²) >= 11 is 0. The number of allylic oxidation sites excluding steroid dienone is 2. The SMILES string of the molecule is C=CC1CCCC(/C=C(\C)C(=O)O)C1. The molecule has 0 aromatic rings. The van der Waals surface area contributed by atoms with Crippen LogP contribution in [0.5, 0.6) is 0 Å². The molecule has 0 bridgehead atoms. The van der Waals surface area contributed by atoms with Gasteiger partial charge < -0.3 is 5.11 Å². The summed E-state index contributed by atoms with van der Waals surface area (Å²) in [4.78, 5) is 10.6. The maximum absolute atomic E-state index is 10.6. The predicted octanol–water partition coefficient (Wildman–Crippen LogP) is 3.01. The number of hydrogen-bond acceptors (Lipinski definition) is 1. The highest BCUT2D eigenvalue weighted by molar-refractivity contribution is 5.85. The highest BCUT2D eigenvalue weighted by atomic mass is 16.4. The molecule has 0 heterocycles. The average molecular weight is 194 g/mol. The van der Waals surface area contributed by atoms with Gasteiger partial charge in [0.2, 0.25) is 0 Å². The van der Waals surface area contributed by atoms with Gasteiger partial charge in [-0.1, -0.05) is 18.6 Å². The molecule has 0 spiro atoms. The van der Waals surface area contributed by atoms with Crippen LogP contribution in [0.4, 0.5) is 0 Å². The van der Waals surface area contributed by atoms with Gasteiger partial charge in [0.25, 0.3) is 0 Å². The maximum Gasteiger partial charge on any atom is 0.330 e. The van der Waals surface area contributed by atoms with Gasteiger partial charge in [0, 0.05) is 5.57 Å². The van der Waals surface area contributed by atoms with Gasteiger partial charge in [0.1, 0.15) is 0 Å². The Morgan fingerprint density at radius 3 is 2.64 bits per heavy atom. The fourth-order valence-electron chi connectivity index (χ4n) is 2.06. The molecule has 0 amide bonds. The lowest BCUT2D eigenvalue weighted by Crippen LogP contribution is -2.13. The minimum atomic E-state index is -0.800. The highest BCUT2D eigenvalue weighted by Gasteiger charge is 2.18. The molecule has 0 aromatic heterocycles. The van der Waals surface area contributed by atoms with E-state index in [9.17, 15) is 4.79 Å². The summed E-state index contributed by atoms with van der Waals surface area (Å²) in [5.41, 5.74) is 0.472. The zero-order chi connectivity index (χ0) is 10.6. The van der Waals surface area contributed by atoms with E-state index in [1.165, 1.54) is 12.8 Å². The van der Waals surface area contributed by atoms with Crippen molar-refractivity contribution in [2.24, 2.45) is 11.8 Å². The van der Waals surface area contributed by atoms with E-state index >= 15 is 0 Å². The molecule has 78 valence electrons. The van der Waals surface area contributed by atoms with Crippen LogP contribution < -0.4 is 0 Å². The first-order valence-electron chi connectivity index (χ1n) is 5.17. The molecule has 1 N–H and O–H groups in total. The van der Waals surface area contributed by atoms with Gasteiger partial charge >= 0.3 is 5.97 Å². The second-order valence-corrected chi connectivity index (χ2v) is 4.08. The first-order valence-corrected chi connectivity index (χ1v) is 5.17. The molecule has 1 rings (SSSR count). The molecule has 2 heteroatoms. The van der Waals surface area contributed by atoms with Crippen molar-refractivity contribution in [2.75, 3.05) is 0 Å². The van der Waals surface area contributed by atoms with Crippen LogP contribution in [0.25, 0.3) is 0 Å². The van der Waals surface area contributed by atoms with Gasteiger partial charge in [-0.2, -0.15) is 0 Å². The van der Waals surface area contributed by atoms with Gasteiger partial charge in [-0.05, 0) is 38.0 Å². The van der Waals surface area contributed by atoms with E-state index in [2.05, 4.69) is 6.58 Å². The topological polar surface area (TPSA) is 37.3 Å². The quantitative estimate of drug-likeness (QED) is 0.554. The third-order valence-corrected chi connectivity index (χ3v) is 2.91. The van der Waals surface area contributed by atoms with E-state index in [-0.39, 0.29) is 0 Å². The predicted molar refractivity (Wildman–Crippen MR) is 57.0 cm³/mol. The fraction of sp³-hybridized carbons (Fsp3) is 0.583. The average Bonchev–Trinajstić information content (AvgIpc) is 2.18. The molecule has 14 heavy (non-hydrogen) atoms. The Morgan fingerprint density at radius 1 is 1.43 bits per heavy atom. The van der Waals surface area contributed by atoms with Crippen LogP contribution in [-0.2, 0) is 4.79 Å². The molecule has 0 saturated heterocycles. The van der Waals surface area contributed by atoms with Crippen molar-refractivity contribution in [3.63, 3.8) is 0 Å². The van der Waals surface area contributed by atoms with Crippen molar-refractivity contribution in [3.05, 3.63) is 24.3 Å². The molecule has 1 fully saturated rings. The van der Waals surface area contributed by atoms with E-state index in [0.717, 1.165) is 12.8 Å². The lowest BCUT2D eigenvalue weighted by molar-refractivity contribution is -0.132. The summed E-state index contributed by atoms with van der Waals surface area (Å²) in [6, 6.07) is 0. The second-order valence-electron chi connectivity index (χ2n) is 4.08. The van der Waals surface area contributed by atoms with E-state index in [4.69, 9.17) is 5.11 Å². The number of aliphatic carboxylic acids is 1. The Hall–Kier alpha value is -1.05. The van der Waals surface area contributed by atoms with E-state index in [1.807, 2.05) is 12.2 Å². The monoisotopic (exact) mass is 194 g/mol. The molecule has 2 unspecified atom stereocenters. The van der Waals surface area contributed by atoms with Gasteiger partial charge in [-0.15, -0.1) is 6.58 Å². The third-order valence-electron chi connectivity index (χ3n) is 2.91. The number of carbonyl (C=O) groups is 1. The Balaban J connectivity index is 2.56. The summed E-state index contributed by atoms with van der Waals surface area (Å²) in [6.07, 6.45) is 8.47. The fourth-order valence-corrected chi connectivity index (χ4v) is 2.06. The number of rotatable bonds is 3. The van der Waals surface area contributed by atoms with Crippen LogP contribution in [0.3, 0.4) is 0 Å². The normalized spacial score (nSPS) is 28.5. The molecule has 0 radical (unpaired) electrons. The molecular formula is C12H18O2. The van der Waals surface area contributed by atoms with Crippen LogP contribution in [-0.4, -0.2) is 11.1 Å². The summed E-state index contributed by atoms with van der Waals surface area (Å²) < 4.78 is 0. The zero-order valence-corrected chi connectivity index (χ0v) is 8.70. The van der Waals surface area contributed by atoms with Crippen molar-refractivity contribution in [1.29, 1.82) is 0 Å². The number of carboxylic acid groups (broad SMARTS) is 1. The van der Waals surface area contributed by atoms with Crippen molar-refractivity contribution in [1.82, 2.24) is 0 Å².